The number of nitrogen functional groups attached to an aromatic ring is 1. The number of rotatable bonds is 7. The zero-order valence-corrected chi connectivity index (χ0v) is 17.2. The number of aromatic nitrogens is 2. The molecule has 1 heterocycles. The van der Waals surface area contributed by atoms with Crippen molar-refractivity contribution in [1.82, 2.24) is 9.97 Å². The van der Waals surface area contributed by atoms with Crippen molar-refractivity contribution in [2.75, 3.05) is 12.8 Å². The smallest absolute Gasteiger partial charge is 0.220 e. The summed E-state index contributed by atoms with van der Waals surface area (Å²) in [5, 5.41) is 10.6. The highest BCUT2D eigenvalue weighted by Gasteiger charge is 2.16. The molecular formula is C24H20FN3O4. The van der Waals surface area contributed by atoms with Crippen LogP contribution in [0.15, 0.2) is 72.9 Å². The summed E-state index contributed by atoms with van der Waals surface area (Å²) in [6, 6.07) is 18.0. The SMILES string of the molecule is COc1ccc(Oc2cnc(N)nc2-c2ccc(OCc3ccccc3F)cc2O)cc1. The number of nitrogens with zero attached hydrogens (tertiary/aromatic N) is 2. The number of anilines is 1. The predicted octanol–water partition coefficient (Wildman–Crippen LogP) is 4.95. The summed E-state index contributed by atoms with van der Waals surface area (Å²) in [5.41, 5.74) is 6.87. The third kappa shape index (κ3) is 4.70. The molecule has 4 aromatic rings. The molecule has 3 N–H and O–H groups in total. The number of phenols is 1. The fourth-order valence-electron chi connectivity index (χ4n) is 3.00. The van der Waals surface area contributed by atoms with Crippen LogP contribution < -0.4 is 19.9 Å². The molecule has 0 aliphatic heterocycles. The monoisotopic (exact) mass is 433 g/mol. The van der Waals surface area contributed by atoms with E-state index in [9.17, 15) is 9.50 Å². The van der Waals surface area contributed by atoms with Crippen LogP contribution in [0.25, 0.3) is 11.3 Å². The van der Waals surface area contributed by atoms with Gasteiger partial charge in [0, 0.05) is 17.2 Å². The highest BCUT2D eigenvalue weighted by atomic mass is 19.1. The van der Waals surface area contributed by atoms with Gasteiger partial charge in [-0.25, -0.2) is 14.4 Å². The van der Waals surface area contributed by atoms with Crippen molar-refractivity contribution in [3.8, 4) is 40.0 Å². The summed E-state index contributed by atoms with van der Waals surface area (Å²) in [5.74, 6) is 1.47. The van der Waals surface area contributed by atoms with Crippen molar-refractivity contribution in [2.24, 2.45) is 0 Å². The first-order chi connectivity index (χ1) is 15.5. The Kier molecular flexibility index (Phi) is 6.03. The minimum Gasteiger partial charge on any atom is -0.507 e. The average Bonchev–Trinajstić information content (AvgIpc) is 2.80. The number of hydrogen-bond acceptors (Lipinski definition) is 7. The molecule has 32 heavy (non-hydrogen) atoms. The summed E-state index contributed by atoms with van der Waals surface area (Å²) < 4.78 is 30.4. The van der Waals surface area contributed by atoms with Crippen LogP contribution >= 0.6 is 0 Å². The summed E-state index contributed by atoms with van der Waals surface area (Å²) in [6.07, 6.45) is 1.43. The molecule has 0 fully saturated rings. The van der Waals surface area contributed by atoms with Crippen LogP contribution in [0.4, 0.5) is 10.3 Å². The average molecular weight is 433 g/mol. The zero-order valence-electron chi connectivity index (χ0n) is 17.2. The van der Waals surface area contributed by atoms with Gasteiger partial charge >= 0.3 is 0 Å². The number of halogens is 1. The molecule has 4 rings (SSSR count). The molecule has 3 aromatic carbocycles. The topological polar surface area (TPSA) is 99.7 Å². The number of methoxy groups -OCH3 is 1. The minimum absolute atomic E-state index is 0.0255. The third-order valence-electron chi connectivity index (χ3n) is 4.64. The maximum absolute atomic E-state index is 13.8. The van der Waals surface area contributed by atoms with E-state index in [0.29, 0.717) is 39.8 Å². The van der Waals surface area contributed by atoms with Gasteiger partial charge in [-0.1, -0.05) is 18.2 Å². The van der Waals surface area contributed by atoms with Crippen molar-refractivity contribution in [2.45, 2.75) is 6.61 Å². The first-order valence-electron chi connectivity index (χ1n) is 9.67. The standard InChI is InChI=1S/C24H20FN3O4/c1-30-16-6-8-17(9-7-16)32-22-13-27-24(26)28-23(22)19-11-10-18(12-21(19)29)31-14-15-4-2-3-5-20(15)25/h2-13,29H,14H2,1H3,(H2,26,27,28). The van der Waals surface area contributed by atoms with Gasteiger partial charge in [-0.15, -0.1) is 0 Å². The van der Waals surface area contributed by atoms with Crippen molar-refractivity contribution in [1.29, 1.82) is 0 Å². The third-order valence-corrected chi connectivity index (χ3v) is 4.64. The molecule has 0 saturated heterocycles. The van der Waals surface area contributed by atoms with Crippen LogP contribution in [0.5, 0.6) is 28.7 Å². The molecule has 1 aromatic heterocycles. The minimum atomic E-state index is -0.356. The Morgan fingerprint density at radius 3 is 2.41 bits per heavy atom. The normalized spacial score (nSPS) is 10.6. The fourth-order valence-corrected chi connectivity index (χ4v) is 3.00. The maximum atomic E-state index is 13.8. The first-order valence-corrected chi connectivity index (χ1v) is 9.67. The van der Waals surface area contributed by atoms with E-state index in [1.54, 1.807) is 61.7 Å². The van der Waals surface area contributed by atoms with E-state index in [1.807, 2.05) is 0 Å². The van der Waals surface area contributed by atoms with Gasteiger partial charge in [-0.2, -0.15) is 0 Å². The van der Waals surface area contributed by atoms with E-state index in [0.717, 1.165) is 0 Å². The quantitative estimate of drug-likeness (QED) is 0.425. The first kappa shape index (κ1) is 20.9. The number of aromatic hydroxyl groups is 1. The van der Waals surface area contributed by atoms with Crippen LogP contribution in [0.3, 0.4) is 0 Å². The molecule has 8 heteroatoms. The lowest BCUT2D eigenvalue weighted by atomic mass is 10.1. The molecule has 0 bridgehead atoms. The van der Waals surface area contributed by atoms with Crippen LogP contribution in [0.1, 0.15) is 5.56 Å². The lowest BCUT2D eigenvalue weighted by Crippen LogP contribution is -2.00. The maximum Gasteiger partial charge on any atom is 0.220 e. The molecule has 0 aliphatic rings. The highest BCUT2D eigenvalue weighted by Crippen LogP contribution is 2.38. The van der Waals surface area contributed by atoms with Crippen molar-refractivity contribution < 1.29 is 23.7 Å². The van der Waals surface area contributed by atoms with Gasteiger partial charge in [-0.3, -0.25) is 0 Å². The Morgan fingerprint density at radius 2 is 1.69 bits per heavy atom. The van der Waals surface area contributed by atoms with E-state index in [1.165, 1.54) is 18.3 Å². The van der Waals surface area contributed by atoms with Gasteiger partial charge in [-0.05, 0) is 42.5 Å². The van der Waals surface area contributed by atoms with Gasteiger partial charge < -0.3 is 25.1 Å². The van der Waals surface area contributed by atoms with Crippen molar-refractivity contribution in [3.05, 3.63) is 84.3 Å². The Labute approximate surface area is 183 Å². The second kappa shape index (κ2) is 9.22. The van der Waals surface area contributed by atoms with Gasteiger partial charge in [0.25, 0.3) is 0 Å². The Balaban J connectivity index is 1.58. The molecule has 0 radical (unpaired) electrons. The van der Waals surface area contributed by atoms with E-state index in [2.05, 4.69) is 9.97 Å². The molecule has 162 valence electrons. The van der Waals surface area contributed by atoms with Crippen LogP contribution in [0.2, 0.25) is 0 Å². The summed E-state index contributed by atoms with van der Waals surface area (Å²) in [7, 11) is 1.58. The zero-order chi connectivity index (χ0) is 22.5. The Bertz CT molecular complexity index is 1230. The molecule has 7 nitrogen and oxygen atoms in total. The van der Waals surface area contributed by atoms with Crippen LogP contribution in [-0.2, 0) is 6.61 Å². The Hall–Kier alpha value is -4.33. The predicted molar refractivity (Wildman–Crippen MR) is 117 cm³/mol. The van der Waals surface area contributed by atoms with Crippen molar-refractivity contribution in [3.63, 3.8) is 0 Å². The van der Waals surface area contributed by atoms with E-state index >= 15 is 0 Å². The summed E-state index contributed by atoms with van der Waals surface area (Å²) >= 11 is 0. The number of benzene rings is 3. The van der Waals surface area contributed by atoms with E-state index in [4.69, 9.17) is 19.9 Å². The fraction of sp³-hybridized carbons (Fsp3) is 0.0833. The van der Waals surface area contributed by atoms with Gasteiger partial charge in [0.2, 0.25) is 5.95 Å². The highest BCUT2D eigenvalue weighted by molar-refractivity contribution is 5.73. The molecule has 0 aliphatic carbocycles. The van der Waals surface area contributed by atoms with Gasteiger partial charge in [0.15, 0.2) is 5.75 Å². The molecular weight excluding hydrogens is 413 g/mol. The van der Waals surface area contributed by atoms with Gasteiger partial charge in [0.05, 0.1) is 13.3 Å². The van der Waals surface area contributed by atoms with Crippen molar-refractivity contribution >= 4 is 5.95 Å². The molecule has 0 saturated carbocycles. The lowest BCUT2D eigenvalue weighted by molar-refractivity contribution is 0.298. The van der Waals surface area contributed by atoms with Crippen LogP contribution in [0, 0.1) is 5.82 Å². The second-order valence-corrected chi connectivity index (χ2v) is 6.78. The molecule has 0 spiro atoms. The summed E-state index contributed by atoms with van der Waals surface area (Å²) in [4.78, 5) is 8.22. The van der Waals surface area contributed by atoms with E-state index < -0.39 is 0 Å². The number of ether oxygens (including phenoxy) is 3. The number of nitrogens with two attached hydrogens (primary N) is 1. The molecule has 0 atom stereocenters. The molecule has 0 amide bonds. The second-order valence-electron chi connectivity index (χ2n) is 6.78. The number of hydrogen-bond donors (Lipinski definition) is 2. The summed E-state index contributed by atoms with van der Waals surface area (Å²) in [6.45, 7) is 0.0255. The largest absolute Gasteiger partial charge is 0.507 e. The number of phenolic OH excluding ortho intramolecular Hbond substituents is 1. The lowest BCUT2D eigenvalue weighted by Gasteiger charge is -2.13. The van der Waals surface area contributed by atoms with Crippen LogP contribution in [-0.4, -0.2) is 22.2 Å². The Morgan fingerprint density at radius 1 is 0.969 bits per heavy atom. The van der Waals surface area contributed by atoms with Gasteiger partial charge in [0.1, 0.15) is 41.1 Å². The molecule has 0 unspecified atom stereocenters. The van der Waals surface area contributed by atoms with E-state index in [-0.39, 0.29) is 24.1 Å².